The molecular formula is C19H18N6O2. The number of aromatic nitrogens is 3. The maximum Gasteiger partial charge on any atom is 0.243 e. The first kappa shape index (κ1) is 18.2. The summed E-state index contributed by atoms with van der Waals surface area (Å²) in [6, 6.07) is 5.04. The van der Waals surface area contributed by atoms with Crippen LogP contribution in [0.15, 0.2) is 54.2 Å². The fraction of sp³-hybridized carbons (Fsp3) is 0.263. The third kappa shape index (κ3) is 4.73. The molecule has 1 aliphatic heterocycles. The van der Waals surface area contributed by atoms with Gasteiger partial charge in [0.1, 0.15) is 18.7 Å². The second kappa shape index (κ2) is 8.67. The van der Waals surface area contributed by atoms with E-state index in [9.17, 15) is 4.79 Å². The molecule has 1 amide bonds. The first-order chi connectivity index (χ1) is 13.2. The lowest BCUT2D eigenvalue weighted by Gasteiger charge is -2.21. The first-order valence-corrected chi connectivity index (χ1v) is 8.43. The predicted molar refractivity (Wildman–Crippen MR) is 97.5 cm³/mol. The maximum absolute atomic E-state index is 12.5. The van der Waals surface area contributed by atoms with Crippen LogP contribution in [0.1, 0.15) is 36.6 Å². The summed E-state index contributed by atoms with van der Waals surface area (Å²) in [6.45, 7) is 4.20. The third-order valence-corrected chi connectivity index (χ3v) is 3.99. The molecule has 2 aromatic rings. The van der Waals surface area contributed by atoms with Gasteiger partial charge in [-0.3, -0.25) is 14.8 Å². The van der Waals surface area contributed by atoms with Crippen molar-refractivity contribution in [1.29, 1.82) is 5.26 Å². The van der Waals surface area contributed by atoms with E-state index in [0.29, 0.717) is 24.3 Å². The zero-order chi connectivity index (χ0) is 19.1. The van der Waals surface area contributed by atoms with Gasteiger partial charge in [-0.05, 0) is 18.1 Å². The molecule has 8 nitrogen and oxygen atoms in total. The van der Waals surface area contributed by atoms with E-state index in [2.05, 4.69) is 26.6 Å². The van der Waals surface area contributed by atoms with Crippen molar-refractivity contribution in [2.45, 2.75) is 25.3 Å². The van der Waals surface area contributed by atoms with Crippen LogP contribution in [0.3, 0.4) is 0 Å². The van der Waals surface area contributed by atoms with Gasteiger partial charge in [0.15, 0.2) is 0 Å². The van der Waals surface area contributed by atoms with E-state index >= 15 is 0 Å². The minimum atomic E-state index is -0.210. The Morgan fingerprint density at radius 1 is 1.30 bits per heavy atom. The number of hydrogen-bond donors (Lipinski definition) is 0. The molecular weight excluding hydrogens is 344 g/mol. The number of nitriles is 1. The van der Waals surface area contributed by atoms with Crippen LogP contribution in [0.5, 0.6) is 5.88 Å². The van der Waals surface area contributed by atoms with Crippen LogP contribution < -0.4 is 4.74 Å². The molecule has 3 rings (SSSR count). The number of carbonyl (C=O) groups excluding carboxylic acids is 1. The van der Waals surface area contributed by atoms with Crippen LogP contribution in [0.4, 0.5) is 0 Å². The van der Waals surface area contributed by atoms with E-state index < -0.39 is 0 Å². The summed E-state index contributed by atoms with van der Waals surface area (Å²) >= 11 is 0. The van der Waals surface area contributed by atoms with Gasteiger partial charge in [-0.15, -0.1) is 0 Å². The Bertz CT molecular complexity index is 873. The summed E-state index contributed by atoms with van der Waals surface area (Å²) < 4.78 is 5.52. The fourth-order valence-electron chi connectivity index (χ4n) is 2.56. The lowest BCUT2D eigenvalue weighted by atomic mass is 10.1. The molecule has 2 aromatic heterocycles. The molecule has 27 heavy (non-hydrogen) atoms. The van der Waals surface area contributed by atoms with E-state index in [1.54, 1.807) is 36.9 Å². The number of hydrogen-bond acceptors (Lipinski definition) is 7. The summed E-state index contributed by atoms with van der Waals surface area (Å²) in [7, 11) is 0. The van der Waals surface area contributed by atoms with Crippen molar-refractivity contribution in [2.24, 2.45) is 5.10 Å². The number of ether oxygens (including phenoxy) is 1. The lowest BCUT2D eigenvalue weighted by Crippen LogP contribution is -2.27. The summed E-state index contributed by atoms with van der Waals surface area (Å²) in [6.07, 6.45) is 9.39. The van der Waals surface area contributed by atoms with Crippen molar-refractivity contribution in [2.75, 3.05) is 6.61 Å². The average Bonchev–Trinajstić information content (AvgIpc) is 3.21. The molecule has 1 atom stereocenters. The number of pyridine rings is 1. The summed E-state index contributed by atoms with van der Waals surface area (Å²) in [5, 5.41) is 14.4. The molecule has 0 aromatic carbocycles. The van der Waals surface area contributed by atoms with Crippen LogP contribution in [-0.2, 0) is 4.79 Å². The summed E-state index contributed by atoms with van der Waals surface area (Å²) in [5.41, 5.74) is 1.96. The van der Waals surface area contributed by atoms with Crippen molar-refractivity contribution >= 4 is 12.1 Å². The van der Waals surface area contributed by atoms with Crippen LogP contribution in [0.25, 0.3) is 0 Å². The Morgan fingerprint density at radius 2 is 2.19 bits per heavy atom. The van der Waals surface area contributed by atoms with E-state index in [4.69, 9.17) is 10.00 Å². The molecule has 0 fully saturated rings. The predicted octanol–water partition coefficient (Wildman–Crippen LogP) is 2.42. The number of amides is 1. The van der Waals surface area contributed by atoms with Crippen molar-refractivity contribution in [3.63, 3.8) is 0 Å². The van der Waals surface area contributed by atoms with Gasteiger partial charge in [-0.1, -0.05) is 6.58 Å². The standard InChI is InChI=1S/C19H18N6O2/c1-14(13-27-18-4-3-15(10-20)11-23-18)2-5-19(26)25-17(6-7-24-25)16-12-21-8-9-22-16/h3-4,7-9,11-12,17H,1-2,5-6,13H2. The largest absolute Gasteiger partial charge is 0.473 e. The zero-order valence-corrected chi connectivity index (χ0v) is 14.7. The Labute approximate surface area is 156 Å². The molecule has 1 unspecified atom stereocenters. The molecule has 0 aliphatic carbocycles. The van der Waals surface area contributed by atoms with E-state index in [0.717, 1.165) is 11.3 Å². The number of rotatable bonds is 7. The highest BCUT2D eigenvalue weighted by molar-refractivity contribution is 5.79. The van der Waals surface area contributed by atoms with Crippen molar-refractivity contribution in [1.82, 2.24) is 20.0 Å². The Morgan fingerprint density at radius 3 is 2.89 bits per heavy atom. The average molecular weight is 362 g/mol. The molecule has 0 saturated carbocycles. The Kier molecular flexibility index (Phi) is 5.84. The maximum atomic E-state index is 12.5. The normalized spacial score (nSPS) is 15.4. The van der Waals surface area contributed by atoms with Gasteiger partial charge in [0.05, 0.1) is 17.5 Å². The van der Waals surface area contributed by atoms with E-state index in [-0.39, 0.29) is 25.0 Å². The number of hydrazone groups is 1. The third-order valence-electron chi connectivity index (χ3n) is 3.99. The highest BCUT2D eigenvalue weighted by atomic mass is 16.5. The molecule has 3 heterocycles. The van der Waals surface area contributed by atoms with Gasteiger partial charge < -0.3 is 4.74 Å². The lowest BCUT2D eigenvalue weighted by molar-refractivity contribution is -0.133. The quantitative estimate of drug-likeness (QED) is 0.701. The van der Waals surface area contributed by atoms with Crippen LogP contribution >= 0.6 is 0 Å². The van der Waals surface area contributed by atoms with Crippen LogP contribution in [0.2, 0.25) is 0 Å². The van der Waals surface area contributed by atoms with Gasteiger partial charge in [0, 0.05) is 43.7 Å². The highest BCUT2D eigenvalue weighted by Gasteiger charge is 2.29. The molecule has 1 aliphatic rings. The molecule has 0 N–H and O–H groups in total. The minimum absolute atomic E-state index is 0.1000. The number of carbonyl (C=O) groups is 1. The van der Waals surface area contributed by atoms with Gasteiger partial charge in [0.25, 0.3) is 0 Å². The zero-order valence-electron chi connectivity index (χ0n) is 14.7. The van der Waals surface area contributed by atoms with Crippen LogP contribution in [-0.4, -0.2) is 38.7 Å². The van der Waals surface area contributed by atoms with Crippen molar-refractivity contribution < 1.29 is 9.53 Å². The fourth-order valence-corrected chi connectivity index (χ4v) is 2.56. The Hall–Kier alpha value is -3.60. The van der Waals surface area contributed by atoms with Gasteiger partial charge in [0.2, 0.25) is 11.8 Å². The highest BCUT2D eigenvalue weighted by Crippen LogP contribution is 2.27. The minimum Gasteiger partial charge on any atom is -0.473 e. The SMILES string of the molecule is C=C(CCC(=O)N1N=CCC1c1cnccn1)COc1ccc(C#N)cn1. The monoisotopic (exact) mass is 362 g/mol. The van der Waals surface area contributed by atoms with Crippen molar-refractivity contribution in [3.05, 3.63) is 60.3 Å². The summed E-state index contributed by atoms with van der Waals surface area (Å²) in [4.78, 5) is 24.9. The Balaban J connectivity index is 1.47. The second-order valence-electron chi connectivity index (χ2n) is 5.95. The molecule has 0 saturated heterocycles. The smallest absolute Gasteiger partial charge is 0.243 e. The van der Waals surface area contributed by atoms with Gasteiger partial charge in [-0.25, -0.2) is 9.99 Å². The van der Waals surface area contributed by atoms with E-state index in [1.165, 1.54) is 11.2 Å². The molecule has 0 radical (unpaired) electrons. The topological polar surface area (TPSA) is 104 Å². The number of nitrogens with zero attached hydrogens (tertiary/aromatic N) is 6. The molecule has 0 spiro atoms. The second-order valence-corrected chi connectivity index (χ2v) is 5.95. The molecule has 8 heteroatoms. The van der Waals surface area contributed by atoms with Gasteiger partial charge in [-0.2, -0.15) is 10.4 Å². The molecule has 136 valence electrons. The van der Waals surface area contributed by atoms with Crippen LogP contribution in [0, 0.1) is 11.3 Å². The molecule has 0 bridgehead atoms. The summed E-state index contributed by atoms with van der Waals surface area (Å²) in [5.74, 6) is 0.311. The van der Waals surface area contributed by atoms with Gasteiger partial charge >= 0.3 is 0 Å². The van der Waals surface area contributed by atoms with Crippen molar-refractivity contribution in [3.8, 4) is 11.9 Å². The first-order valence-electron chi connectivity index (χ1n) is 8.43. The van der Waals surface area contributed by atoms with E-state index in [1.807, 2.05) is 6.07 Å².